The molecule has 2 aliphatic rings. The minimum Gasteiger partial charge on any atom is -0.480 e. The molecule has 1 saturated heterocycles. The minimum absolute atomic E-state index is 0.0248. The molecule has 0 spiro atoms. The average molecular weight is 409 g/mol. The predicted octanol–water partition coefficient (Wildman–Crippen LogP) is 3.21. The van der Waals surface area contributed by atoms with Crippen molar-refractivity contribution < 1.29 is 24.2 Å². The van der Waals surface area contributed by atoms with Gasteiger partial charge in [-0.1, -0.05) is 37.2 Å². The third-order valence-corrected chi connectivity index (χ3v) is 5.34. The number of azide groups is 1. The Hall–Kier alpha value is -2.48. The number of carboxylic acid groups (broad SMARTS) is 1. The number of likely N-dealkylation sites (tertiary alicyclic amines) is 1. The fourth-order valence-electron chi connectivity index (χ4n) is 4.08. The molecule has 0 aromatic rings. The summed E-state index contributed by atoms with van der Waals surface area (Å²) in [5, 5.41) is 15.8. The van der Waals surface area contributed by atoms with Crippen LogP contribution in [0.3, 0.4) is 0 Å². The maximum atomic E-state index is 13.2. The average Bonchev–Trinajstić information content (AvgIpc) is 3.04. The highest BCUT2D eigenvalue weighted by molar-refractivity contribution is 5.90. The first kappa shape index (κ1) is 22.8. The fourth-order valence-corrected chi connectivity index (χ4v) is 4.08. The second-order valence-corrected chi connectivity index (χ2v) is 8.88. The molecule has 1 aliphatic heterocycles. The van der Waals surface area contributed by atoms with Crippen LogP contribution in [-0.4, -0.2) is 58.2 Å². The molecule has 3 atom stereocenters. The van der Waals surface area contributed by atoms with E-state index in [1.165, 1.54) is 4.90 Å². The maximum Gasteiger partial charge on any atom is 0.408 e. The van der Waals surface area contributed by atoms with Gasteiger partial charge in [-0.05, 0) is 45.1 Å². The quantitative estimate of drug-likeness (QED) is 0.393. The molecule has 2 N–H and O–H groups in total. The van der Waals surface area contributed by atoms with Crippen LogP contribution in [-0.2, 0) is 14.3 Å². The van der Waals surface area contributed by atoms with Crippen LogP contribution in [0.2, 0.25) is 0 Å². The molecule has 10 heteroatoms. The maximum absolute atomic E-state index is 13.2. The van der Waals surface area contributed by atoms with E-state index in [-0.39, 0.29) is 18.9 Å². The molecule has 0 bridgehead atoms. The van der Waals surface area contributed by atoms with E-state index in [9.17, 15) is 19.5 Å². The monoisotopic (exact) mass is 409 g/mol. The lowest BCUT2D eigenvalue weighted by atomic mass is 9.84. The molecule has 10 nitrogen and oxygen atoms in total. The third-order valence-electron chi connectivity index (χ3n) is 5.34. The summed E-state index contributed by atoms with van der Waals surface area (Å²) < 4.78 is 5.30. The lowest BCUT2D eigenvalue weighted by molar-refractivity contribution is -0.149. The van der Waals surface area contributed by atoms with Gasteiger partial charge in [0.15, 0.2) is 0 Å². The van der Waals surface area contributed by atoms with E-state index in [1.54, 1.807) is 20.8 Å². The van der Waals surface area contributed by atoms with Gasteiger partial charge in [-0.25, -0.2) is 9.59 Å². The number of alkyl carbamates (subject to hydrolysis) is 1. The summed E-state index contributed by atoms with van der Waals surface area (Å²) in [5.41, 5.74) is 7.95. The van der Waals surface area contributed by atoms with Crippen LogP contribution >= 0.6 is 0 Å². The van der Waals surface area contributed by atoms with Crippen LogP contribution in [0.15, 0.2) is 5.11 Å². The van der Waals surface area contributed by atoms with Gasteiger partial charge in [-0.2, -0.15) is 0 Å². The molecule has 2 rings (SSSR count). The molecule has 29 heavy (non-hydrogen) atoms. The molecule has 1 aliphatic carbocycles. The summed E-state index contributed by atoms with van der Waals surface area (Å²) in [6, 6.07) is -2.55. The van der Waals surface area contributed by atoms with Crippen molar-refractivity contribution in [2.45, 2.75) is 89.4 Å². The summed E-state index contributed by atoms with van der Waals surface area (Å²) in [4.78, 5) is 41.2. The molecule has 2 amide bonds. The highest BCUT2D eigenvalue weighted by Crippen LogP contribution is 2.29. The Morgan fingerprint density at radius 2 is 1.93 bits per heavy atom. The Morgan fingerprint density at radius 1 is 1.28 bits per heavy atom. The number of nitrogens with zero attached hydrogens (tertiary/aromatic N) is 4. The number of rotatable bonds is 6. The van der Waals surface area contributed by atoms with E-state index in [1.807, 2.05) is 0 Å². The van der Waals surface area contributed by atoms with Crippen molar-refractivity contribution in [2.75, 3.05) is 6.54 Å². The van der Waals surface area contributed by atoms with Crippen LogP contribution in [0.25, 0.3) is 10.4 Å². The number of nitrogens with one attached hydrogen (secondary N) is 1. The van der Waals surface area contributed by atoms with Gasteiger partial charge in [0.2, 0.25) is 5.91 Å². The highest BCUT2D eigenvalue weighted by Gasteiger charge is 2.42. The van der Waals surface area contributed by atoms with Crippen molar-refractivity contribution in [3.8, 4) is 0 Å². The molecular weight excluding hydrogens is 378 g/mol. The molecule has 0 radical (unpaired) electrons. The van der Waals surface area contributed by atoms with E-state index in [2.05, 4.69) is 15.3 Å². The van der Waals surface area contributed by atoms with Crippen molar-refractivity contribution in [2.24, 2.45) is 11.0 Å². The van der Waals surface area contributed by atoms with E-state index < -0.39 is 41.7 Å². The Kier molecular flexibility index (Phi) is 7.73. The van der Waals surface area contributed by atoms with Gasteiger partial charge in [0, 0.05) is 11.5 Å². The standard InChI is InChI=1S/C19H31N5O5/c1-19(2,3)29-18(28)21-14(9-12-7-5-4-6-8-12)16(25)24-11-13(22-23-20)10-15(24)17(26)27/h12-15H,4-11H2,1-3H3,(H,21,28)(H,26,27)/t13-,14+,15-/m0/s1. The van der Waals surface area contributed by atoms with E-state index in [0.717, 1.165) is 32.1 Å². The molecule has 162 valence electrons. The zero-order valence-corrected chi connectivity index (χ0v) is 17.3. The van der Waals surface area contributed by atoms with Crippen molar-refractivity contribution >= 4 is 18.0 Å². The second-order valence-electron chi connectivity index (χ2n) is 8.88. The first-order valence-corrected chi connectivity index (χ1v) is 10.2. The van der Waals surface area contributed by atoms with E-state index in [4.69, 9.17) is 10.3 Å². The van der Waals surface area contributed by atoms with Crippen LogP contribution in [0.5, 0.6) is 0 Å². The van der Waals surface area contributed by atoms with Gasteiger partial charge < -0.3 is 20.1 Å². The molecule has 1 heterocycles. The number of carbonyl (C=O) groups excluding carboxylic acids is 2. The highest BCUT2D eigenvalue weighted by atomic mass is 16.6. The number of amides is 2. The van der Waals surface area contributed by atoms with Crippen molar-refractivity contribution in [1.29, 1.82) is 0 Å². The first-order chi connectivity index (χ1) is 13.6. The first-order valence-electron chi connectivity index (χ1n) is 10.2. The SMILES string of the molecule is CC(C)(C)OC(=O)N[C@H](CC1CCCCC1)C(=O)N1C[C@@H](N=[N+]=[N-])C[C@H]1C(=O)O. The molecule has 0 aromatic carbocycles. The van der Waals surface area contributed by atoms with Crippen LogP contribution < -0.4 is 5.32 Å². The van der Waals surface area contributed by atoms with Crippen LogP contribution in [0.4, 0.5) is 4.79 Å². The topological polar surface area (TPSA) is 145 Å². The van der Waals surface area contributed by atoms with Crippen LogP contribution in [0.1, 0.15) is 65.7 Å². The predicted molar refractivity (Wildman–Crippen MR) is 105 cm³/mol. The minimum atomic E-state index is -1.15. The smallest absolute Gasteiger partial charge is 0.408 e. The van der Waals surface area contributed by atoms with Gasteiger partial charge in [0.25, 0.3) is 0 Å². The largest absolute Gasteiger partial charge is 0.480 e. The molecule has 0 unspecified atom stereocenters. The van der Waals surface area contributed by atoms with Gasteiger partial charge >= 0.3 is 12.1 Å². The number of carbonyl (C=O) groups is 3. The summed E-state index contributed by atoms with van der Waals surface area (Å²) >= 11 is 0. The third kappa shape index (κ3) is 6.81. The lowest BCUT2D eigenvalue weighted by Gasteiger charge is -2.31. The van der Waals surface area contributed by atoms with Crippen molar-refractivity contribution in [3.63, 3.8) is 0 Å². The Morgan fingerprint density at radius 3 is 2.48 bits per heavy atom. The number of aliphatic carboxylic acids is 1. The summed E-state index contributed by atoms with van der Waals surface area (Å²) in [6.45, 7) is 5.22. The van der Waals surface area contributed by atoms with Gasteiger partial charge in [-0.15, -0.1) is 0 Å². The number of hydrogen-bond acceptors (Lipinski definition) is 5. The van der Waals surface area contributed by atoms with E-state index in [0.29, 0.717) is 6.42 Å². The van der Waals surface area contributed by atoms with Crippen LogP contribution in [0, 0.1) is 5.92 Å². The number of ether oxygens (including phenoxy) is 1. The Labute approximate surface area is 170 Å². The fraction of sp³-hybridized carbons (Fsp3) is 0.842. The van der Waals surface area contributed by atoms with Crippen molar-refractivity contribution in [1.82, 2.24) is 10.2 Å². The molecule has 0 aromatic heterocycles. The Bertz CT molecular complexity index is 664. The summed E-state index contributed by atoms with van der Waals surface area (Å²) in [7, 11) is 0. The lowest BCUT2D eigenvalue weighted by Crippen LogP contribution is -2.53. The molecule has 2 fully saturated rings. The van der Waals surface area contributed by atoms with Gasteiger partial charge in [0.1, 0.15) is 17.7 Å². The van der Waals surface area contributed by atoms with Crippen molar-refractivity contribution in [3.05, 3.63) is 10.4 Å². The number of carboxylic acids is 1. The normalized spacial score (nSPS) is 23.8. The number of hydrogen-bond donors (Lipinski definition) is 2. The van der Waals surface area contributed by atoms with Gasteiger partial charge in [-0.3, -0.25) is 4.79 Å². The summed E-state index contributed by atoms with van der Waals surface area (Å²) in [6.07, 6.45) is 5.07. The van der Waals surface area contributed by atoms with Gasteiger partial charge in [0.05, 0.1) is 6.04 Å². The second kappa shape index (κ2) is 9.82. The zero-order valence-electron chi connectivity index (χ0n) is 17.3. The molecular formula is C19H31N5O5. The molecule has 1 saturated carbocycles. The zero-order chi connectivity index (χ0) is 21.6. The summed E-state index contributed by atoms with van der Waals surface area (Å²) in [5.74, 6) is -1.33. The Balaban J connectivity index is 2.18. The van der Waals surface area contributed by atoms with E-state index >= 15 is 0 Å².